The predicted molar refractivity (Wildman–Crippen MR) is 102 cm³/mol. The van der Waals surface area contributed by atoms with E-state index in [0.717, 1.165) is 12.1 Å². The first kappa shape index (κ1) is 21.3. The second-order valence-corrected chi connectivity index (χ2v) is 7.26. The first-order chi connectivity index (χ1) is 12.9. The van der Waals surface area contributed by atoms with Gasteiger partial charge in [0.05, 0.1) is 12.1 Å². The fourth-order valence-electron chi connectivity index (χ4n) is 2.31. The molecule has 28 heavy (non-hydrogen) atoms. The zero-order valence-electron chi connectivity index (χ0n) is 15.8. The molecule has 2 aromatic rings. The maximum absolute atomic E-state index is 12.7. The summed E-state index contributed by atoms with van der Waals surface area (Å²) in [5, 5.41) is 8.11. The van der Waals surface area contributed by atoms with Gasteiger partial charge in [0.1, 0.15) is 0 Å². The van der Waals surface area contributed by atoms with Gasteiger partial charge in [0, 0.05) is 22.5 Å². The Morgan fingerprint density at radius 2 is 1.57 bits per heavy atom. The van der Waals surface area contributed by atoms with Crippen LogP contribution in [0.2, 0.25) is 0 Å². The van der Waals surface area contributed by atoms with Gasteiger partial charge in [0.2, 0.25) is 5.91 Å². The summed E-state index contributed by atoms with van der Waals surface area (Å²) < 4.78 is 38.1. The van der Waals surface area contributed by atoms with Gasteiger partial charge in [-0.15, -0.1) is 0 Å². The topological polar surface area (TPSA) is 70.2 Å². The standard InChI is InChI=1S/C20H22F3N3O2/c1-19(2,3)26-18(28)13-7-9-15(10-8-13)25-17(27)12-24-16-6-4-5-14(11-16)20(21,22)23/h4-11,24H,12H2,1-3H3,(H,25,27)(H,26,28). The molecule has 0 bridgehead atoms. The number of hydrogen-bond donors (Lipinski definition) is 3. The van der Waals surface area contributed by atoms with Gasteiger partial charge in [-0.1, -0.05) is 6.07 Å². The molecule has 0 unspecified atom stereocenters. The van der Waals surface area contributed by atoms with Gasteiger partial charge in [0.15, 0.2) is 0 Å². The Kier molecular flexibility index (Phi) is 6.33. The molecule has 0 aromatic heterocycles. The van der Waals surface area contributed by atoms with E-state index in [2.05, 4.69) is 16.0 Å². The van der Waals surface area contributed by atoms with E-state index in [9.17, 15) is 22.8 Å². The number of nitrogens with one attached hydrogen (secondary N) is 3. The number of rotatable bonds is 5. The predicted octanol–water partition coefficient (Wildman–Crippen LogP) is 4.28. The van der Waals surface area contributed by atoms with Crippen molar-refractivity contribution in [3.05, 3.63) is 59.7 Å². The van der Waals surface area contributed by atoms with Crippen LogP contribution in [-0.4, -0.2) is 23.9 Å². The molecule has 0 aliphatic heterocycles. The number of carbonyl (C=O) groups is 2. The van der Waals surface area contributed by atoms with Crippen LogP contribution in [0.5, 0.6) is 0 Å². The molecule has 2 aromatic carbocycles. The van der Waals surface area contributed by atoms with Crippen molar-refractivity contribution in [3.63, 3.8) is 0 Å². The van der Waals surface area contributed by atoms with Crippen molar-refractivity contribution in [2.24, 2.45) is 0 Å². The lowest BCUT2D eigenvalue weighted by Gasteiger charge is -2.20. The highest BCUT2D eigenvalue weighted by Crippen LogP contribution is 2.30. The largest absolute Gasteiger partial charge is 0.416 e. The molecular formula is C20H22F3N3O2. The molecular weight excluding hydrogens is 371 g/mol. The maximum atomic E-state index is 12.7. The third-order valence-electron chi connectivity index (χ3n) is 3.56. The van der Waals surface area contributed by atoms with Crippen molar-refractivity contribution in [1.82, 2.24) is 5.32 Å². The van der Waals surface area contributed by atoms with Crippen molar-refractivity contribution in [2.75, 3.05) is 17.2 Å². The van der Waals surface area contributed by atoms with Crippen LogP contribution in [0.25, 0.3) is 0 Å². The highest BCUT2D eigenvalue weighted by molar-refractivity contribution is 5.97. The van der Waals surface area contributed by atoms with Gasteiger partial charge in [-0.25, -0.2) is 0 Å². The Labute approximate surface area is 161 Å². The van der Waals surface area contributed by atoms with E-state index in [4.69, 9.17) is 0 Å². The van der Waals surface area contributed by atoms with Crippen LogP contribution in [0.3, 0.4) is 0 Å². The molecule has 8 heteroatoms. The van der Waals surface area contributed by atoms with Crippen molar-refractivity contribution in [1.29, 1.82) is 0 Å². The first-order valence-corrected chi connectivity index (χ1v) is 8.58. The molecule has 0 radical (unpaired) electrons. The maximum Gasteiger partial charge on any atom is 0.416 e. The number of anilines is 2. The molecule has 0 saturated heterocycles. The normalized spacial score (nSPS) is 11.6. The Bertz CT molecular complexity index is 841. The number of alkyl halides is 3. The van der Waals surface area contributed by atoms with Crippen molar-refractivity contribution < 1.29 is 22.8 Å². The molecule has 0 aliphatic rings. The lowest BCUT2D eigenvalue weighted by Crippen LogP contribution is -2.40. The fraction of sp³-hybridized carbons (Fsp3) is 0.300. The van der Waals surface area contributed by atoms with Gasteiger partial charge in [-0.3, -0.25) is 9.59 Å². The van der Waals surface area contributed by atoms with Gasteiger partial charge in [-0.05, 0) is 63.2 Å². The molecule has 2 rings (SSSR count). The lowest BCUT2D eigenvalue weighted by molar-refractivity contribution is -0.137. The summed E-state index contributed by atoms with van der Waals surface area (Å²) in [6.45, 7) is 5.41. The van der Waals surface area contributed by atoms with Crippen LogP contribution in [0.4, 0.5) is 24.5 Å². The molecule has 0 aliphatic carbocycles. The zero-order chi connectivity index (χ0) is 20.9. The first-order valence-electron chi connectivity index (χ1n) is 8.58. The van der Waals surface area contributed by atoms with Gasteiger partial charge >= 0.3 is 6.18 Å². The van der Waals surface area contributed by atoms with Crippen LogP contribution in [-0.2, 0) is 11.0 Å². The van der Waals surface area contributed by atoms with Crippen LogP contribution in [0.1, 0.15) is 36.7 Å². The van der Waals surface area contributed by atoms with E-state index in [-0.39, 0.29) is 23.7 Å². The highest BCUT2D eigenvalue weighted by Gasteiger charge is 2.30. The van der Waals surface area contributed by atoms with Crippen molar-refractivity contribution >= 4 is 23.2 Å². The molecule has 0 heterocycles. The smallest absolute Gasteiger partial charge is 0.376 e. The number of amides is 2. The summed E-state index contributed by atoms with van der Waals surface area (Å²) in [4.78, 5) is 24.1. The van der Waals surface area contributed by atoms with E-state index in [1.807, 2.05) is 20.8 Å². The lowest BCUT2D eigenvalue weighted by atomic mass is 10.1. The summed E-state index contributed by atoms with van der Waals surface area (Å²) in [5.74, 6) is -0.652. The van der Waals surface area contributed by atoms with E-state index in [1.165, 1.54) is 12.1 Å². The molecule has 0 spiro atoms. The van der Waals surface area contributed by atoms with E-state index in [1.54, 1.807) is 24.3 Å². The average Bonchev–Trinajstić information content (AvgIpc) is 2.58. The van der Waals surface area contributed by atoms with E-state index in [0.29, 0.717) is 11.3 Å². The van der Waals surface area contributed by atoms with Gasteiger partial charge in [0.25, 0.3) is 5.91 Å². The van der Waals surface area contributed by atoms with Crippen molar-refractivity contribution in [2.45, 2.75) is 32.5 Å². The minimum absolute atomic E-state index is 0.194. The third-order valence-corrected chi connectivity index (χ3v) is 3.56. The summed E-state index contributed by atoms with van der Waals surface area (Å²) in [6, 6.07) is 10.9. The second-order valence-electron chi connectivity index (χ2n) is 7.26. The number of halogens is 3. The Morgan fingerprint density at radius 3 is 2.14 bits per heavy atom. The highest BCUT2D eigenvalue weighted by atomic mass is 19.4. The van der Waals surface area contributed by atoms with Crippen LogP contribution in [0.15, 0.2) is 48.5 Å². The summed E-state index contributed by atoms with van der Waals surface area (Å²) in [7, 11) is 0. The Balaban J connectivity index is 1.91. The second kappa shape index (κ2) is 8.33. The summed E-state index contributed by atoms with van der Waals surface area (Å²) >= 11 is 0. The summed E-state index contributed by atoms with van der Waals surface area (Å²) in [5.41, 5.74) is -0.0293. The van der Waals surface area contributed by atoms with Gasteiger partial charge < -0.3 is 16.0 Å². The molecule has 0 fully saturated rings. The quantitative estimate of drug-likeness (QED) is 0.710. The average molecular weight is 393 g/mol. The van der Waals surface area contributed by atoms with Crippen LogP contribution < -0.4 is 16.0 Å². The summed E-state index contributed by atoms with van der Waals surface area (Å²) in [6.07, 6.45) is -4.44. The number of hydrogen-bond acceptors (Lipinski definition) is 3. The molecule has 0 saturated carbocycles. The third kappa shape index (κ3) is 6.61. The SMILES string of the molecule is CC(C)(C)NC(=O)c1ccc(NC(=O)CNc2cccc(C(F)(F)F)c2)cc1. The molecule has 3 N–H and O–H groups in total. The molecule has 0 atom stereocenters. The molecule has 5 nitrogen and oxygen atoms in total. The Hall–Kier alpha value is -3.03. The number of carbonyl (C=O) groups excluding carboxylic acids is 2. The minimum Gasteiger partial charge on any atom is -0.376 e. The zero-order valence-corrected chi connectivity index (χ0v) is 15.8. The van der Waals surface area contributed by atoms with Gasteiger partial charge in [-0.2, -0.15) is 13.2 Å². The van der Waals surface area contributed by atoms with E-state index >= 15 is 0 Å². The molecule has 2 amide bonds. The fourth-order valence-corrected chi connectivity index (χ4v) is 2.31. The van der Waals surface area contributed by atoms with E-state index < -0.39 is 17.6 Å². The minimum atomic E-state index is -4.44. The van der Waals surface area contributed by atoms with Crippen LogP contribution in [0, 0.1) is 0 Å². The Morgan fingerprint density at radius 1 is 0.929 bits per heavy atom. The van der Waals surface area contributed by atoms with Crippen LogP contribution >= 0.6 is 0 Å². The monoisotopic (exact) mass is 393 g/mol. The molecule has 150 valence electrons. The van der Waals surface area contributed by atoms with Crippen molar-refractivity contribution in [3.8, 4) is 0 Å². The number of benzene rings is 2.